The van der Waals surface area contributed by atoms with Crippen molar-refractivity contribution in [1.29, 1.82) is 0 Å². The Hall–Kier alpha value is -1.22. The third-order valence-corrected chi connectivity index (χ3v) is 4.91. The van der Waals surface area contributed by atoms with Crippen LogP contribution in [0.3, 0.4) is 0 Å². The Labute approximate surface area is 128 Å². The third-order valence-electron chi connectivity index (χ3n) is 4.91. The first kappa shape index (κ1) is 14.7. The van der Waals surface area contributed by atoms with Crippen molar-refractivity contribution in [3.63, 3.8) is 0 Å². The third kappa shape index (κ3) is 3.91. The van der Waals surface area contributed by atoms with Crippen LogP contribution in [0.25, 0.3) is 0 Å². The Morgan fingerprint density at radius 1 is 1.24 bits per heavy atom. The molecule has 0 bridgehead atoms. The van der Waals surface area contributed by atoms with E-state index in [1.54, 1.807) is 0 Å². The molecular weight excluding hydrogens is 260 g/mol. The van der Waals surface area contributed by atoms with E-state index in [9.17, 15) is 0 Å². The van der Waals surface area contributed by atoms with Crippen LogP contribution in [0.15, 0.2) is 24.3 Å². The van der Waals surface area contributed by atoms with Crippen molar-refractivity contribution in [1.82, 2.24) is 5.32 Å². The summed E-state index contributed by atoms with van der Waals surface area (Å²) in [4.78, 5) is 2.44. The Bertz CT molecular complexity index is 443. The van der Waals surface area contributed by atoms with Crippen LogP contribution < -0.4 is 15.0 Å². The van der Waals surface area contributed by atoms with Crippen molar-refractivity contribution < 1.29 is 4.74 Å². The lowest BCUT2D eigenvalue weighted by Gasteiger charge is -2.31. The number of hydrogen-bond acceptors (Lipinski definition) is 3. The molecule has 3 heteroatoms. The van der Waals surface area contributed by atoms with Crippen LogP contribution in [0.5, 0.6) is 5.75 Å². The van der Waals surface area contributed by atoms with Gasteiger partial charge in [-0.3, -0.25) is 0 Å². The monoisotopic (exact) mass is 288 g/mol. The lowest BCUT2D eigenvalue weighted by molar-refractivity contribution is 0.122. The molecule has 3 rings (SSSR count). The summed E-state index contributed by atoms with van der Waals surface area (Å²) in [6.07, 6.45) is 6.86. The van der Waals surface area contributed by atoms with E-state index in [4.69, 9.17) is 4.74 Å². The largest absolute Gasteiger partial charge is 0.490 e. The predicted molar refractivity (Wildman–Crippen MR) is 88.2 cm³/mol. The fraction of sp³-hybridized carbons (Fsp3) is 0.667. The summed E-state index contributed by atoms with van der Waals surface area (Å²) in [7, 11) is 0. The Kier molecular flexibility index (Phi) is 5.02. The van der Waals surface area contributed by atoms with Gasteiger partial charge in [-0.2, -0.15) is 0 Å². The summed E-state index contributed by atoms with van der Waals surface area (Å²) in [6.45, 7) is 6.63. The topological polar surface area (TPSA) is 24.5 Å². The molecule has 2 unspecified atom stereocenters. The summed E-state index contributed by atoms with van der Waals surface area (Å²) in [5.41, 5.74) is 1.30. The summed E-state index contributed by atoms with van der Waals surface area (Å²) in [6, 6.07) is 8.67. The number of anilines is 1. The van der Waals surface area contributed by atoms with Crippen LogP contribution in [0.4, 0.5) is 5.69 Å². The molecule has 116 valence electrons. The molecule has 1 saturated carbocycles. The van der Waals surface area contributed by atoms with Crippen LogP contribution in [0.2, 0.25) is 0 Å². The van der Waals surface area contributed by atoms with Gasteiger partial charge in [0.2, 0.25) is 0 Å². The molecule has 0 radical (unpaired) electrons. The van der Waals surface area contributed by atoms with Crippen LogP contribution in [0.1, 0.15) is 39.0 Å². The predicted octanol–water partition coefficient (Wildman–Crippen LogP) is 3.44. The summed E-state index contributed by atoms with van der Waals surface area (Å²) in [5.74, 6) is 1.91. The summed E-state index contributed by atoms with van der Waals surface area (Å²) in [5, 5.41) is 3.40. The van der Waals surface area contributed by atoms with Crippen molar-refractivity contribution in [3.8, 4) is 5.75 Å². The van der Waals surface area contributed by atoms with E-state index in [0.717, 1.165) is 37.8 Å². The van der Waals surface area contributed by atoms with Gasteiger partial charge in [0.15, 0.2) is 0 Å². The van der Waals surface area contributed by atoms with E-state index >= 15 is 0 Å². The zero-order valence-electron chi connectivity index (χ0n) is 13.2. The molecular formula is C18H28N2O. The molecule has 0 amide bonds. The highest BCUT2D eigenvalue weighted by molar-refractivity contribution is 5.51. The van der Waals surface area contributed by atoms with E-state index in [1.807, 2.05) is 0 Å². The van der Waals surface area contributed by atoms with Gasteiger partial charge in [0.1, 0.15) is 5.75 Å². The maximum absolute atomic E-state index is 6.28. The first-order valence-electron chi connectivity index (χ1n) is 8.57. The van der Waals surface area contributed by atoms with Gasteiger partial charge in [-0.25, -0.2) is 0 Å². The maximum atomic E-state index is 6.28. The molecule has 1 aliphatic heterocycles. The van der Waals surface area contributed by atoms with Crippen molar-refractivity contribution >= 4 is 5.69 Å². The van der Waals surface area contributed by atoms with Crippen LogP contribution >= 0.6 is 0 Å². The van der Waals surface area contributed by atoms with Crippen LogP contribution in [-0.2, 0) is 0 Å². The Morgan fingerprint density at radius 3 is 2.90 bits per heavy atom. The zero-order valence-corrected chi connectivity index (χ0v) is 13.2. The number of rotatable bonds is 4. The smallest absolute Gasteiger partial charge is 0.121 e. The molecule has 1 saturated heterocycles. The van der Waals surface area contributed by atoms with E-state index in [-0.39, 0.29) is 0 Å². The molecule has 3 nitrogen and oxygen atoms in total. The van der Waals surface area contributed by atoms with E-state index in [1.165, 1.54) is 37.8 Å². The number of ether oxygens (including phenoxy) is 1. The quantitative estimate of drug-likeness (QED) is 0.918. The minimum atomic E-state index is 0.418. The van der Waals surface area contributed by atoms with Gasteiger partial charge in [-0.1, -0.05) is 25.8 Å². The number of piperazine rings is 1. The SMILES string of the molecule is CCC1CCCC(Oc2cccc(N3CCNCC3)c2)C1. The van der Waals surface area contributed by atoms with Crippen molar-refractivity contribution in [2.75, 3.05) is 31.1 Å². The number of benzene rings is 1. The minimum Gasteiger partial charge on any atom is -0.490 e. The number of nitrogens with zero attached hydrogens (tertiary/aromatic N) is 1. The molecule has 2 atom stereocenters. The first-order valence-corrected chi connectivity index (χ1v) is 8.57. The van der Waals surface area contributed by atoms with Gasteiger partial charge in [0, 0.05) is 37.9 Å². The number of nitrogens with one attached hydrogen (secondary N) is 1. The maximum Gasteiger partial charge on any atom is 0.121 e. The van der Waals surface area contributed by atoms with E-state index in [0.29, 0.717) is 6.10 Å². The highest BCUT2D eigenvalue weighted by Crippen LogP contribution is 2.30. The minimum absolute atomic E-state index is 0.418. The molecule has 2 aliphatic rings. The second-order valence-corrected chi connectivity index (χ2v) is 6.42. The van der Waals surface area contributed by atoms with Gasteiger partial charge in [-0.05, 0) is 37.3 Å². The van der Waals surface area contributed by atoms with Crippen molar-refractivity contribution in [3.05, 3.63) is 24.3 Å². The molecule has 2 fully saturated rings. The Morgan fingerprint density at radius 2 is 2.10 bits per heavy atom. The van der Waals surface area contributed by atoms with Crippen LogP contribution in [-0.4, -0.2) is 32.3 Å². The Balaban J connectivity index is 1.62. The van der Waals surface area contributed by atoms with E-state index < -0.39 is 0 Å². The standard InChI is InChI=1S/C18H28N2O/c1-2-15-5-3-7-17(13-15)21-18-8-4-6-16(14-18)20-11-9-19-10-12-20/h4,6,8,14-15,17,19H,2-3,5,7,9-13H2,1H3. The highest BCUT2D eigenvalue weighted by atomic mass is 16.5. The molecule has 1 heterocycles. The second kappa shape index (κ2) is 7.17. The van der Waals surface area contributed by atoms with Gasteiger partial charge in [0.25, 0.3) is 0 Å². The van der Waals surface area contributed by atoms with Crippen molar-refractivity contribution in [2.24, 2.45) is 5.92 Å². The summed E-state index contributed by atoms with van der Waals surface area (Å²) >= 11 is 0. The second-order valence-electron chi connectivity index (χ2n) is 6.42. The van der Waals surface area contributed by atoms with Gasteiger partial charge in [0.05, 0.1) is 6.10 Å². The molecule has 0 spiro atoms. The van der Waals surface area contributed by atoms with Gasteiger partial charge >= 0.3 is 0 Å². The van der Waals surface area contributed by atoms with Gasteiger partial charge < -0.3 is 15.0 Å². The molecule has 1 aliphatic carbocycles. The molecule has 1 N–H and O–H groups in total. The lowest BCUT2D eigenvalue weighted by Crippen LogP contribution is -2.43. The average Bonchev–Trinajstić information content (AvgIpc) is 2.56. The first-order chi connectivity index (χ1) is 10.3. The molecule has 1 aromatic carbocycles. The molecule has 21 heavy (non-hydrogen) atoms. The van der Waals surface area contributed by atoms with Crippen molar-refractivity contribution in [2.45, 2.75) is 45.1 Å². The molecule has 1 aromatic rings. The number of hydrogen-bond donors (Lipinski definition) is 1. The lowest BCUT2D eigenvalue weighted by atomic mass is 9.85. The molecule has 0 aromatic heterocycles. The fourth-order valence-electron chi connectivity index (χ4n) is 3.59. The zero-order chi connectivity index (χ0) is 14.5. The highest BCUT2D eigenvalue weighted by Gasteiger charge is 2.22. The normalized spacial score (nSPS) is 26.6. The summed E-state index contributed by atoms with van der Waals surface area (Å²) < 4.78 is 6.28. The fourth-order valence-corrected chi connectivity index (χ4v) is 3.59. The van der Waals surface area contributed by atoms with Gasteiger partial charge in [-0.15, -0.1) is 0 Å². The van der Waals surface area contributed by atoms with E-state index in [2.05, 4.69) is 41.4 Å². The average molecular weight is 288 g/mol. The van der Waals surface area contributed by atoms with Crippen LogP contribution in [0, 0.1) is 5.92 Å².